The summed E-state index contributed by atoms with van der Waals surface area (Å²) in [6.07, 6.45) is 4.28. The van der Waals surface area contributed by atoms with Gasteiger partial charge in [0.05, 0.1) is 0 Å². The van der Waals surface area contributed by atoms with Gasteiger partial charge in [-0.2, -0.15) is 0 Å². The molecule has 1 saturated heterocycles. The van der Waals surface area contributed by atoms with Crippen LogP contribution in [-0.4, -0.2) is 18.9 Å². The van der Waals surface area contributed by atoms with Gasteiger partial charge in [0.15, 0.2) is 0 Å². The molecule has 1 aromatic rings. The lowest BCUT2D eigenvalue weighted by Gasteiger charge is -2.22. The number of hydrogen-bond donors (Lipinski definition) is 1. The summed E-state index contributed by atoms with van der Waals surface area (Å²) in [5.41, 5.74) is 2.54. The van der Waals surface area contributed by atoms with E-state index in [1.54, 1.807) is 6.92 Å². The van der Waals surface area contributed by atoms with Gasteiger partial charge in [0, 0.05) is 6.42 Å². The highest BCUT2D eigenvalue weighted by molar-refractivity contribution is 5.78. The minimum Gasteiger partial charge on any atom is -0.317 e. The first-order chi connectivity index (χ1) is 8.24. The predicted octanol–water partition coefficient (Wildman–Crippen LogP) is 2.36. The number of benzene rings is 1. The van der Waals surface area contributed by atoms with Gasteiger partial charge in [0.1, 0.15) is 5.78 Å². The lowest BCUT2D eigenvalue weighted by molar-refractivity contribution is -0.116. The Morgan fingerprint density at radius 1 is 1.29 bits per heavy atom. The summed E-state index contributed by atoms with van der Waals surface area (Å²) in [5.74, 6) is 1.05. The van der Waals surface area contributed by atoms with Crippen LogP contribution in [-0.2, 0) is 17.6 Å². The van der Waals surface area contributed by atoms with E-state index >= 15 is 0 Å². The zero-order chi connectivity index (χ0) is 12.1. The largest absolute Gasteiger partial charge is 0.317 e. The summed E-state index contributed by atoms with van der Waals surface area (Å²) in [5, 5.41) is 3.39. The summed E-state index contributed by atoms with van der Waals surface area (Å²) in [7, 11) is 0. The molecule has 0 saturated carbocycles. The summed E-state index contributed by atoms with van der Waals surface area (Å²) in [4.78, 5) is 11.1. The lowest BCUT2D eigenvalue weighted by Crippen LogP contribution is -2.28. The Bertz CT molecular complexity index is 380. The van der Waals surface area contributed by atoms with Crippen molar-refractivity contribution in [1.29, 1.82) is 0 Å². The van der Waals surface area contributed by atoms with Crippen LogP contribution < -0.4 is 5.32 Å². The average Bonchev–Trinajstić information content (AvgIpc) is 2.30. The number of piperidine rings is 1. The first-order valence-corrected chi connectivity index (χ1v) is 6.52. The van der Waals surface area contributed by atoms with E-state index in [-0.39, 0.29) is 5.78 Å². The summed E-state index contributed by atoms with van der Waals surface area (Å²) in [6, 6.07) is 8.51. The monoisotopic (exact) mass is 231 g/mol. The van der Waals surface area contributed by atoms with Gasteiger partial charge >= 0.3 is 0 Å². The van der Waals surface area contributed by atoms with Gasteiger partial charge in [-0.3, -0.25) is 4.79 Å². The van der Waals surface area contributed by atoms with E-state index in [9.17, 15) is 4.79 Å². The fourth-order valence-corrected chi connectivity index (χ4v) is 2.57. The van der Waals surface area contributed by atoms with Crippen molar-refractivity contribution in [2.45, 2.75) is 32.6 Å². The Kier molecular flexibility index (Phi) is 4.32. The normalized spacial score (nSPS) is 17.0. The summed E-state index contributed by atoms with van der Waals surface area (Å²) < 4.78 is 0. The Morgan fingerprint density at radius 3 is 2.71 bits per heavy atom. The van der Waals surface area contributed by atoms with Crippen molar-refractivity contribution in [3.63, 3.8) is 0 Å². The minimum atomic E-state index is 0.240. The molecule has 2 heteroatoms. The van der Waals surface area contributed by atoms with Crippen LogP contribution in [0.25, 0.3) is 0 Å². The van der Waals surface area contributed by atoms with Gasteiger partial charge < -0.3 is 5.32 Å². The quantitative estimate of drug-likeness (QED) is 0.862. The van der Waals surface area contributed by atoms with Gasteiger partial charge in [0.25, 0.3) is 0 Å². The molecule has 2 rings (SSSR count). The van der Waals surface area contributed by atoms with Crippen LogP contribution in [0.4, 0.5) is 0 Å². The van der Waals surface area contributed by atoms with Crippen LogP contribution in [0.5, 0.6) is 0 Å². The smallest absolute Gasteiger partial charge is 0.134 e. The lowest BCUT2D eigenvalue weighted by atomic mass is 9.90. The molecule has 0 aliphatic carbocycles. The van der Waals surface area contributed by atoms with E-state index in [1.165, 1.54) is 18.4 Å². The second-order valence-electron chi connectivity index (χ2n) is 5.10. The van der Waals surface area contributed by atoms with Gasteiger partial charge in [-0.1, -0.05) is 24.3 Å². The molecule has 0 bridgehead atoms. The third kappa shape index (κ3) is 3.97. The van der Waals surface area contributed by atoms with Crippen LogP contribution in [0.2, 0.25) is 0 Å². The van der Waals surface area contributed by atoms with E-state index in [4.69, 9.17) is 0 Å². The Hall–Kier alpha value is -1.15. The van der Waals surface area contributed by atoms with E-state index in [0.29, 0.717) is 6.42 Å². The molecule has 0 unspecified atom stereocenters. The highest BCUT2D eigenvalue weighted by atomic mass is 16.1. The van der Waals surface area contributed by atoms with E-state index in [0.717, 1.165) is 31.0 Å². The number of carbonyl (C=O) groups excluding carboxylic acids is 1. The molecule has 0 amide bonds. The highest BCUT2D eigenvalue weighted by Crippen LogP contribution is 2.18. The van der Waals surface area contributed by atoms with Gasteiger partial charge in [-0.25, -0.2) is 0 Å². The highest BCUT2D eigenvalue weighted by Gasteiger charge is 2.13. The molecule has 1 aliphatic heterocycles. The average molecular weight is 231 g/mol. The van der Waals surface area contributed by atoms with Crippen molar-refractivity contribution in [2.75, 3.05) is 13.1 Å². The van der Waals surface area contributed by atoms with Crippen molar-refractivity contribution < 1.29 is 4.79 Å². The Morgan fingerprint density at radius 2 is 2.00 bits per heavy atom. The Labute approximate surface area is 103 Å². The van der Waals surface area contributed by atoms with Crippen molar-refractivity contribution >= 4 is 5.78 Å². The minimum absolute atomic E-state index is 0.240. The third-order valence-corrected chi connectivity index (χ3v) is 3.43. The fraction of sp³-hybridized carbons (Fsp3) is 0.533. The second kappa shape index (κ2) is 5.97. The van der Waals surface area contributed by atoms with Crippen LogP contribution >= 0.6 is 0 Å². The predicted molar refractivity (Wildman–Crippen MR) is 70.1 cm³/mol. The molecule has 1 heterocycles. The Balaban J connectivity index is 1.97. The van der Waals surface area contributed by atoms with Crippen LogP contribution in [0, 0.1) is 5.92 Å². The van der Waals surface area contributed by atoms with Crippen LogP contribution in [0.3, 0.4) is 0 Å². The number of ketones is 1. The molecule has 0 radical (unpaired) electrons. The van der Waals surface area contributed by atoms with Crippen molar-refractivity contribution in [1.82, 2.24) is 5.32 Å². The summed E-state index contributed by atoms with van der Waals surface area (Å²) in [6.45, 7) is 3.95. The summed E-state index contributed by atoms with van der Waals surface area (Å²) >= 11 is 0. The number of Topliss-reactive ketones (excluding diaryl/α,β-unsaturated/α-hetero) is 1. The molecule has 1 fully saturated rings. The van der Waals surface area contributed by atoms with Crippen molar-refractivity contribution in [2.24, 2.45) is 5.92 Å². The molecular formula is C15H21NO. The van der Waals surface area contributed by atoms with Gasteiger partial charge in [-0.05, 0) is 56.3 Å². The van der Waals surface area contributed by atoms with E-state index in [1.807, 2.05) is 6.07 Å². The maximum Gasteiger partial charge on any atom is 0.134 e. The SMILES string of the molecule is CC(=O)Cc1cccc(CC2CCNCC2)c1. The van der Waals surface area contributed by atoms with Gasteiger partial charge in [0.2, 0.25) is 0 Å². The van der Waals surface area contributed by atoms with Crippen molar-refractivity contribution in [3.05, 3.63) is 35.4 Å². The molecule has 0 aromatic heterocycles. The third-order valence-electron chi connectivity index (χ3n) is 3.43. The molecule has 1 N–H and O–H groups in total. The first-order valence-electron chi connectivity index (χ1n) is 6.52. The topological polar surface area (TPSA) is 29.1 Å². The molecule has 92 valence electrons. The first kappa shape index (κ1) is 12.3. The number of rotatable bonds is 4. The molecule has 0 spiro atoms. The molecular weight excluding hydrogens is 210 g/mol. The number of hydrogen-bond acceptors (Lipinski definition) is 2. The van der Waals surface area contributed by atoms with E-state index < -0.39 is 0 Å². The number of nitrogens with one attached hydrogen (secondary N) is 1. The zero-order valence-corrected chi connectivity index (χ0v) is 10.5. The van der Waals surface area contributed by atoms with Gasteiger partial charge in [-0.15, -0.1) is 0 Å². The molecule has 0 atom stereocenters. The zero-order valence-electron chi connectivity index (χ0n) is 10.5. The van der Waals surface area contributed by atoms with Crippen molar-refractivity contribution in [3.8, 4) is 0 Å². The standard InChI is InChI=1S/C15H21NO/c1-12(17)9-14-3-2-4-15(11-14)10-13-5-7-16-8-6-13/h2-4,11,13,16H,5-10H2,1H3. The maximum atomic E-state index is 11.1. The fourth-order valence-electron chi connectivity index (χ4n) is 2.57. The van der Waals surface area contributed by atoms with E-state index in [2.05, 4.69) is 23.5 Å². The molecule has 1 aliphatic rings. The molecule has 17 heavy (non-hydrogen) atoms. The van der Waals surface area contributed by atoms with Crippen LogP contribution in [0.1, 0.15) is 30.9 Å². The molecule has 2 nitrogen and oxygen atoms in total. The van der Waals surface area contributed by atoms with Crippen LogP contribution in [0.15, 0.2) is 24.3 Å². The maximum absolute atomic E-state index is 11.1. The molecule has 1 aromatic carbocycles. The number of carbonyl (C=O) groups is 1. The second-order valence-corrected chi connectivity index (χ2v) is 5.10.